The van der Waals surface area contributed by atoms with Crippen molar-refractivity contribution in [3.63, 3.8) is 0 Å². The Morgan fingerprint density at radius 3 is 2.55 bits per heavy atom. The van der Waals surface area contributed by atoms with Crippen molar-refractivity contribution in [3.05, 3.63) is 24.3 Å². The average Bonchev–Trinajstić information content (AvgIpc) is 2.72. The summed E-state index contributed by atoms with van der Waals surface area (Å²) in [6, 6.07) is 8.73. The quantitative estimate of drug-likeness (QED) is 0.720. The Bertz CT molecular complexity index is 659. The van der Waals surface area contributed by atoms with E-state index in [0.29, 0.717) is 17.9 Å². The smallest absolute Gasteiger partial charge is 0.303 e. The maximum Gasteiger partial charge on any atom is 0.303 e. The molecule has 2 heterocycles. The number of rotatable bonds is 8. The number of piperazine rings is 1. The summed E-state index contributed by atoms with van der Waals surface area (Å²) in [7, 11) is 1.73. The number of nitrogens with zero attached hydrogens (tertiary/aromatic N) is 3. The third-order valence-electron chi connectivity index (χ3n) is 6.34. The van der Waals surface area contributed by atoms with Crippen molar-refractivity contribution in [2.45, 2.75) is 39.2 Å². The zero-order valence-corrected chi connectivity index (χ0v) is 18.2. The van der Waals surface area contributed by atoms with Crippen LogP contribution < -0.4 is 9.64 Å². The molecule has 2 aliphatic heterocycles. The molecule has 3 rings (SSSR count). The number of anilines is 1. The maximum atomic E-state index is 11.2. The van der Waals surface area contributed by atoms with E-state index in [9.17, 15) is 9.90 Å². The van der Waals surface area contributed by atoms with Gasteiger partial charge in [-0.25, -0.2) is 0 Å². The molecule has 0 bridgehead atoms. The second-order valence-electron chi connectivity index (χ2n) is 8.90. The second kappa shape index (κ2) is 10.3. The standard InChI is InChI=1S/C23H37N3O3/c1-18(2)16-24-11-10-20(19(17-24)8-9-23(27)28)25-12-14-26(15-13-25)21-6-4-5-7-22(21)29-3/h4-7,18-20H,8-17H2,1-3H3,(H,27,28)/t19-,20+/m0/s1. The van der Waals surface area contributed by atoms with E-state index in [1.807, 2.05) is 12.1 Å². The van der Waals surface area contributed by atoms with Crippen LogP contribution in [0.25, 0.3) is 0 Å². The Hall–Kier alpha value is -1.79. The monoisotopic (exact) mass is 403 g/mol. The number of carboxylic acid groups (broad SMARTS) is 1. The van der Waals surface area contributed by atoms with Crippen molar-refractivity contribution < 1.29 is 14.6 Å². The molecule has 1 N–H and O–H groups in total. The lowest BCUT2D eigenvalue weighted by Crippen LogP contribution is -2.57. The van der Waals surface area contributed by atoms with Gasteiger partial charge in [-0.1, -0.05) is 26.0 Å². The maximum absolute atomic E-state index is 11.2. The summed E-state index contributed by atoms with van der Waals surface area (Å²) < 4.78 is 5.54. The second-order valence-corrected chi connectivity index (χ2v) is 8.90. The summed E-state index contributed by atoms with van der Waals surface area (Å²) in [5.41, 5.74) is 1.17. The normalized spacial score (nSPS) is 24.1. The highest BCUT2D eigenvalue weighted by Gasteiger charge is 2.35. The van der Waals surface area contributed by atoms with Gasteiger partial charge in [0.05, 0.1) is 12.8 Å². The molecule has 2 saturated heterocycles. The highest BCUT2D eigenvalue weighted by atomic mass is 16.5. The van der Waals surface area contributed by atoms with Crippen LogP contribution in [0.2, 0.25) is 0 Å². The van der Waals surface area contributed by atoms with E-state index < -0.39 is 5.97 Å². The lowest BCUT2D eigenvalue weighted by molar-refractivity contribution is -0.137. The Morgan fingerprint density at radius 1 is 1.17 bits per heavy atom. The zero-order chi connectivity index (χ0) is 20.8. The minimum absolute atomic E-state index is 0.276. The van der Waals surface area contributed by atoms with Crippen molar-refractivity contribution in [2.75, 3.05) is 57.8 Å². The number of methoxy groups -OCH3 is 1. The molecule has 2 aliphatic rings. The molecule has 0 aliphatic carbocycles. The fourth-order valence-electron chi connectivity index (χ4n) is 5.04. The first-order valence-corrected chi connectivity index (χ1v) is 11.0. The Labute approximate surface area is 175 Å². The first-order valence-electron chi connectivity index (χ1n) is 11.0. The van der Waals surface area contributed by atoms with Crippen LogP contribution in [0.3, 0.4) is 0 Å². The van der Waals surface area contributed by atoms with Gasteiger partial charge in [0.15, 0.2) is 0 Å². The largest absolute Gasteiger partial charge is 0.495 e. The molecule has 0 amide bonds. The molecule has 2 fully saturated rings. The van der Waals surface area contributed by atoms with Crippen LogP contribution in [-0.2, 0) is 4.79 Å². The van der Waals surface area contributed by atoms with Crippen molar-refractivity contribution in [2.24, 2.45) is 11.8 Å². The van der Waals surface area contributed by atoms with Gasteiger partial charge in [-0.15, -0.1) is 0 Å². The van der Waals surface area contributed by atoms with Crippen LogP contribution in [-0.4, -0.2) is 79.8 Å². The van der Waals surface area contributed by atoms with Crippen LogP contribution in [0.15, 0.2) is 24.3 Å². The Balaban J connectivity index is 1.62. The van der Waals surface area contributed by atoms with Gasteiger partial charge >= 0.3 is 5.97 Å². The number of para-hydroxylation sites is 2. The molecule has 0 saturated carbocycles. The highest BCUT2D eigenvalue weighted by molar-refractivity contribution is 5.66. The van der Waals surface area contributed by atoms with E-state index in [1.165, 1.54) is 5.69 Å². The van der Waals surface area contributed by atoms with Gasteiger partial charge in [-0.05, 0) is 43.4 Å². The summed E-state index contributed by atoms with van der Waals surface area (Å²) in [5, 5.41) is 9.22. The van der Waals surface area contributed by atoms with Crippen molar-refractivity contribution >= 4 is 11.7 Å². The van der Waals surface area contributed by atoms with Gasteiger partial charge < -0.3 is 19.6 Å². The van der Waals surface area contributed by atoms with Crippen molar-refractivity contribution in [3.8, 4) is 5.75 Å². The molecule has 0 radical (unpaired) electrons. The third-order valence-corrected chi connectivity index (χ3v) is 6.34. The predicted molar refractivity (Wildman–Crippen MR) is 117 cm³/mol. The number of aliphatic carboxylic acids is 1. The lowest BCUT2D eigenvalue weighted by atomic mass is 9.86. The molecule has 6 heteroatoms. The van der Waals surface area contributed by atoms with Gasteiger partial charge in [0.1, 0.15) is 5.75 Å². The first kappa shape index (κ1) is 21.9. The number of benzene rings is 1. The van der Waals surface area contributed by atoms with Gasteiger partial charge in [0, 0.05) is 51.7 Å². The van der Waals surface area contributed by atoms with Crippen LogP contribution in [0.5, 0.6) is 5.75 Å². The molecule has 162 valence electrons. The fraction of sp³-hybridized carbons (Fsp3) is 0.696. The zero-order valence-electron chi connectivity index (χ0n) is 18.2. The van der Waals surface area contributed by atoms with Crippen LogP contribution >= 0.6 is 0 Å². The van der Waals surface area contributed by atoms with E-state index in [4.69, 9.17) is 4.74 Å². The first-order chi connectivity index (χ1) is 14.0. The predicted octanol–water partition coefficient (Wildman–Crippen LogP) is 3.03. The van der Waals surface area contributed by atoms with Gasteiger partial charge in [-0.3, -0.25) is 9.69 Å². The molecule has 0 spiro atoms. The highest BCUT2D eigenvalue weighted by Crippen LogP contribution is 2.31. The molecule has 0 unspecified atom stereocenters. The SMILES string of the molecule is COc1ccccc1N1CCN([C@@H]2CCN(CC(C)C)C[C@@H]2CCC(=O)O)CC1. The van der Waals surface area contributed by atoms with Gasteiger partial charge in [-0.2, -0.15) is 0 Å². The van der Waals surface area contributed by atoms with Crippen molar-refractivity contribution in [1.82, 2.24) is 9.80 Å². The topological polar surface area (TPSA) is 56.2 Å². The molecule has 2 atom stereocenters. The summed E-state index contributed by atoms with van der Waals surface area (Å²) in [4.78, 5) is 18.8. The summed E-state index contributed by atoms with van der Waals surface area (Å²) in [6.07, 6.45) is 2.20. The number of hydrogen-bond donors (Lipinski definition) is 1. The van der Waals surface area contributed by atoms with Crippen LogP contribution in [0.1, 0.15) is 33.1 Å². The van der Waals surface area contributed by atoms with E-state index in [1.54, 1.807) is 7.11 Å². The number of carbonyl (C=O) groups is 1. The molecule has 29 heavy (non-hydrogen) atoms. The molecule has 6 nitrogen and oxygen atoms in total. The van der Waals surface area contributed by atoms with Gasteiger partial charge in [0.25, 0.3) is 0 Å². The molecule has 1 aromatic rings. The van der Waals surface area contributed by atoms with Crippen molar-refractivity contribution in [1.29, 1.82) is 0 Å². The number of piperidine rings is 1. The molecule has 0 aromatic heterocycles. The van der Waals surface area contributed by atoms with Crippen LogP contribution in [0, 0.1) is 11.8 Å². The number of ether oxygens (including phenoxy) is 1. The minimum Gasteiger partial charge on any atom is -0.495 e. The Morgan fingerprint density at radius 2 is 1.90 bits per heavy atom. The number of likely N-dealkylation sites (tertiary alicyclic amines) is 1. The summed E-state index contributed by atoms with van der Waals surface area (Å²) in [6.45, 7) is 11.8. The van der Waals surface area contributed by atoms with E-state index in [-0.39, 0.29) is 6.42 Å². The lowest BCUT2D eigenvalue weighted by Gasteiger charge is -2.47. The van der Waals surface area contributed by atoms with Gasteiger partial charge in [0.2, 0.25) is 0 Å². The molecule has 1 aromatic carbocycles. The molecular formula is C23H37N3O3. The van der Waals surface area contributed by atoms with Crippen LogP contribution in [0.4, 0.5) is 5.69 Å². The molecular weight excluding hydrogens is 366 g/mol. The average molecular weight is 404 g/mol. The fourth-order valence-corrected chi connectivity index (χ4v) is 5.04. The van der Waals surface area contributed by atoms with E-state index in [2.05, 4.69) is 40.7 Å². The third kappa shape index (κ3) is 5.86. The number of hydrogen-bond acceptors (Lipinski definition) is 5. The number of carboxylic acids is 1. The van der Waals surface area contributed by atoms with E-state index >= 15 is 0 Å². The summed E-state index contributed by atoms with van der Waals surface area (Å²) in [5.74, 6) is 1.35. The Kier molecular flexibility index (Phi) is 7.78. The van der Waals surface area contributed by atoms with E-state index in [0.717, 1.165) is 64.4 Å². The minimum atomic E-state index is -0.675. The summed E-state index contributed by atoms with van der Waals surface area (Å²) >= 11 is 0.